The number of rotatable bonds is 8. The minimum Gasteiger partial charge on any atom is -0.491 e. The molecule has 0 amide bonds. The van der Waals surface area contributed by atoms with Gasteiger partial charge in [-0.05, 0) is 68.0 Å². The largest absolute Gasteiger partial charge is 0.491 e. The van der Waals surface area contributed by atoms with Gasteiger partial charge in [0.25, 0.3) is 0 Å². The van der Waals surface area contributed by atoms with Crippen molar-refractivity contribution in [1.29, 1.82) is 0 Å². The van der Waals surface area contributed by atoms with Gasteiger partial charge in [-0.15, -0.1) is 0 Å². The molecule has 1 fully saturated rings. The van der Waals surface area contributed by atoms with Gasteiger partial charge in [0.1, 0.15) is 5.75 Å². The maximum Gasteiger partial charge on any atom is 0.125 e. The Bertz CT molecular complexity index is 744. The summed E-state index contributed by atoms with van der Waals surface area (Å²) in [6.45, 7) is 7.19. The van der Waals surface area contributed by atoms with Crippen LogP contribution in [-0.4, -0.2) is 34.3 Å². The van der Waals surface area contributed by atoms with E-state index < -0.39 is 0 Å². The lowest BCUT2D eigenvalue weighted by molar-refractivity contribution is 0.225. The van der Waals surface area contributed by atoms with Crippen LogP contribution in [0, 0.1) is 5.92 Å². The molecule has 1 atom stereocenters. The van der Waals surface area contributed by atoms with Gasteiger partial charge in [0.15, 0.2) is 0 Å². The SMILES string of the molecule is CC(C)Oc1ccc(CN2CC[C@H](Cc3cccc(CO)c3)C2)cc1CO. The molecule has 2 N–H and O–H groups in total. The normalized spacial score (nSPS) is 17.6. The van der Waals surface area contributed by atoms with E-state index in [9.17, 15) is 10.2 Å². The first-order valence-corrected chi connectivity index (χ1v) is 9.87. The molecule has 2 aromatic rings. The summed E-state index contributed by atoms with van der Waals surface area (Å²) >= 11 is 0. The minimum absolute atomic E-state index is 0.000282. The van der Waals surface area contributed by atoms with Crippen LogP contribution in [0.1, 0.15) is 42.5 Å². The third-order valence-electron chi connectivity index (χ3n) is 5.13. The van der Waals surface area contributed by atoms with Gasteiger partial charge in [-0.25, -0.2) is 0 Å². The zero-order chi connectivity index (χ0) is 19.2. The summed E-state index contributed by atoms with van der Waals surface area (Å²) < 4.78 is 5.77. The molecule has 0 aromatic heterocycles. The van der Waals surface area contributed by atoms with E-state index in [0.717, 1.165) is 42.9 Å². The van der Waals surface area contributed by atoms with E-state index >= 15 is 0 Å². The fourth-order valence-corrected chi connectivity index (χ4v) is 3.89. The molecule has 1 saturated heterocycles. The summed E-state index contributed by atoms with van der Waals surface area (Å²) in [7, 11) is 0. The fourth-order valence-electron chi connectivity index (χ4n) is 3.89. The Hall–Kier alpha value is -1.88. The minimum atomic E-state index is -0.000282. The molecule has 146 valence electrons. The predicted molar refractivity (Wildman–Crippen MR) is 108 cm³/mol. The topological polar surface area (TPSA) is 52.9 Å². The number of hydrogen-bond donors (Lipinski definition) is 2. The van der Waals surface area contributed by atoms with Crippen LogP contribution in [0.25, 0.3) is 0 Å². The number of aliphatic hydroxyl groups is 2. The molecule has 4 heteroatoms. The van der Waals surface area contributed by atoms with Crippen molar-refractivity contribution in [3.05, 3.63) is 64.7 Å². The highest BCUT2D eigenvalue weighted by molar-refractivity contribution is 5.37. The summed E-state index contributed by atoms with van der Waals surface area (Å²) in [6, 6.07) is 14.4. The molecule has 0 unspecified atom stereocenters. The summed E-state index contributed by atoms with van der Waals surface area (Å²) in [5, 5.41) is 19.0. The summed E-state index contributed by atoms with van der Waals surface area (Å²) in [5.74, 6) is 1.43. The van der Waals surface area contributed by atoms with Crippen molar-refractivity contribution in [1.82, 2.24) is 4.90 Å². The van der Waals surface area contributed by atoms with Gasteiger partial charge in [0, 0.05) is 18.7 Å². The van der Waals surface area contributed by atoms with Gasteiger partial charge >= 0.3 is 0 Å². The van der Waals surface area contributed by atoms with E-state index in [1.807, 2.05) is 32.0 Å². The molecular formula is C23H31NO3. The monoisotopic (exact) mass is 369 g/mol. The Morgan fingerprint density at radius 2 is 1.85 bits per heavy atom. The molecule has 27 heavy (non-hydrogen) atoms. The van der Waals surface area contributed by atoms with Crippen LogP contribution < -0.4 is 4.74 Å². The number of nitrogens with zero attached hydrogens (tertiary/aromatic N) is 1. The van der Waals surface area contributed by atoms with Crippen LogP contribution in [0.5, 0.6) is 5.75 Å². The summed E-state index contributed by atoms with van der Waals surface area (Å²) in [6.07, 6.45) is 2.36. The Labute approximate surface area is 162 Å². The van der Waals surface area contributed by atoms with Gasteiger partial charge in [-0.2, -0.15) is 0 Å². The fraction of sp³-hybridized carbons (Fsp3) is 0.478. The molecule has 4 nitrogen and oxygen atoms in total. The average Bonchev–Trinajstić information content (AvgIpc) is 3.09. The number of likely N-dealkylation sites (tertiary alicyclic amines) is 1. The van der Waals surface area contributed by atoms with Crippen LogP contribution in [-0.2, 0) is 26.2 Å². The lowest BCUT2D eigenvalue weighted by atomic mass is 9.97. The highest BCUT2D eigenvalue weighted by Crippen LogP contribution is 2.26. The number of ether oxygens (including phenoxy) is 1. The standard InChI is InChI=1S/C23H31NO3/c1-17(2)27-23-7-6-19(12-22(23)16-26)13-24-9-8-20(14-24)10-18-4-3-5-21(11-18)15-25/h3-7,11-12,17,20,25-26H,8-10,13-16H2,1-2H3/t20-/m1/s1. The molecule has 1 heterocycles. The van der Waals surface area contributed by atoms with E-state index in [-0.39, 0.29) is 19.3 Å². The Morgan fingerprint density at radius 1 is 1.04 bits per heavy atom. The lowest BCUT2D eigenvalue weighted by Gasteiger charge is -2.18. The zero-order valence-corrected chi connectivity index (χ0v) is 16.4. The third kappa shape index (κ3) is 5.55. The van der Waals surface area contributed by atoms with Crippen LogP contribution in [0.3, 0.4) is 0 Å². The zero-order valence-electron chi connectivity index (χ0n) is 16.4. The molecule has 1 aliphatic heterocycles. The van der Waals surface area contributed by atoms with Crippen LogP contribution in [0.15, 0.2) is 42.5 Å². The molecule has 0 saturated carbocycles. The molecular weight excluding hydrogens is 338 g/mol. The molecule has 3 rings (SSSR count). The van der Waals surface area contributed by atoms with Crippen LogP contribution >= 0.6 is 0 Å². The van der Waals surface area contributed by atoms with E-state index in [1.54, 1.807) is 0 Å². The highest BCUT2D eigenvalue weighted by atomic mass is 16.5. The Kier molecular flexibility index (Phi) is 6.89. The first kappa shape index (κ1) is 19.9. The molecule has 0 radical (unpaired) electrons. The second-order valence-electron chi connectivity index (χ2n) is 7.84. The van der Waals surface area contributed by atoms with Gasteiger partial charge in [-0.1, -0.05) is 30.3 Å². The van der Waals surface area contributed by atoms with Gasteiger partial charge < -0.3 is 14.9 Å². The van der Waals surface area contributed by atoms with E-state index in [2.05, 4.69) is 29.2 Å². The predicted octanol–water partition coefficient (Wildman–Crippen LogP) is 3.52. The molecule has 0 aliphatic carbocycles. The summed E-state index contributed by atoms with van der Waals surface area (Å²) in [5.41, 5.74) is 4.38. The Morgan fingerprint density at radius 3 is 2.59 bits per heavy atom. The molecule has 0 bridgehead atoms. The van der Waals surface area contributed by atoms with Crippen molar-refractivity contribution < 1.29 is 14.9 Å². The quantitative estimate of drug-likeness (QED) is 0.747. The molecule has 0 spiro atoms. The van der Waals surface area contributed by atoms with Gasteiger partial charge in [-0.3, -0.25) is 4.90 Å². The number of benzene rings is 2. The van der Waals surface area contributed by atoms with Crippen molar-refractivity contribution in [3.63, 3.8) is 0 Å². The van der Waals surface area contributed by atoms with E-state index in [1.165, 1.54) is 17.5 Å². The maximum absolute atomic E-state index is 9.65. The van der Waals surface area contributed by atoms with Gasteiger partial charge in [0.05, 0.1) is 19.3 Å². The first-order valence-electron chi connectivity index (χ1n) is 9.87. The second kappa shape index (κ2) is 9.36. The van der Waals surface area contributed by atoms with Crippen LogP contribution in [0.4, 0.5) is 0 Å². The summed E-state index contributed by atoms with van der Waals surface area (Å²) in [4.78, 5) is 2.49. The van der Waals surface area contributed by atoms with Crippen molar-refractivity contribution in [3.8, 4) is 5.75 Å². The number of hydrogen-bond acceptors (Lipinski definition) is 4. The lowest BCUT2D eigenvalue weighted by Crippen LogP contribution is -2.21. The van der Waals surface area contributed by atoms with E-state index in [0.29, 0.717) is 5.92 Å². The van der Waals surface area contributed by atoms with Crippen LogP contribution in [0.2, 0.25) is 0 Å². The average molecular weight is 370 g/mol. The highest BCUT2D eigenvalue weighted by Gasteiger charge is 2.23. The van der Waals surface area contributed by atoms with Crippen molar-refractivity contribution in [2.75, 3.05) is 13.1 Å². The van der Waals surface area contributed by atoms with Gasteiger partial charge in [0.2, 0.25) is 0 Å². The maximum atomic E-state index is 9.65. The van der Waals surface area contributed by atoms with Crippen molar-refractivity contribution in [2.24, 2.45) is 5.92 Å². The Balaban J connectivity index is 1.57. The smallest absolute Gasteiger partial charge is 0.125 e. The molecule has 1 aliphatic rings. The molecule has 2 aromatic carbocycles. The second-order valence-corrected chi connectivity index (χ2v) is 7.84. The van der Waals surface area contributed by atoms with Crippen molar-refractivity contribution in [2.45, 2.75) is 52.6 Å². The first-order chi connectivity index (χ1) is 13.1. The number of aliphatic hydroxyl groups excluding tert-OH is 2. The third-order valence-corrected chi connectivity index (χ3v) is 5.13. The van der Waals surface area contributed by atoms with Crippen molar-refractivity contribution >= 4 is 0 Å². The van der Waals surface area contributed by atoms with E-state index in [4.69, 9.17) is 4.74 Å².